The van der Waals surface area contributed by atoms with Crippen LogP contribution in [0.3, 0.4) is 0 Å². The molecule has 2 aromatic heterocycles. The van der Waals surface area contributed by atoms with E-state index in [9.17, 15) is 0 Å². The van der Waals surface area contributed by atoms with Gasteiger partial charge < -0.3 is 0 Å². The van der Waals surface area contributed by atoms with Gasteiger partial charge in [-0.25, -0.2) is 9.06 Å². The zero-order valence-electron chi connectivity index (χ0n) is 9.32. The number of aromatic nitrogens is 5. The van der Waals surface area contributed by atoms with Crippen molar-refractivity contribution in [2.75, 3.05) is 0 Å². The van der Waals surface area contributed by atoms with Gasteiger partial charge in [-0.05, 0) is 40.4 Å². The highest BCUT2D eigenvalue weighted by Crippen LogP contribution is 2.32. The smallest absolute Gasteiger partial charge is 0.209 e. The quantitative estimate of drug-likeness (QED) is 0.797. The highest BCUT2D eigenvalue weighted by Gasteiger charge is 2.21. The van der Waals surface area contributed by atoms with E-state index in [0.29, 0.717) is 6.04 Å². The van der Waals surface area contributed by atoms with Gasteiger partial charge >= 0.3 is 0 Å². The van der Waals surface area contributed by atoms with Crippen molar-refractivity contribution >= 4 is 23.3 Å². The minimum atomic E-state index is 0.507. The van der Waals surface area contributed by atoms with Crippen LogP contribution in [0.1, 0.15) is 37.3 Å². The molecular weight excluding hydrogens is 254 g/mol. The van der Waals surface area contributed by atoms with Crippen LogP contribution in [0, 0.1) is 0 Å². The molecule has 1 saturated carbocycles. The van der Waals surface area contributed by atoms with Crippen LogP contribution in [0.15, 0.2) is 16.7 Å². The predicted octanol–water partition coefficient (Wildman–Crippen LogP) is 2.54. The van der Waals surface area contributed by atoms with Crippen LogP contribution in [-0.2, 0) is 5.75 Å². The van der Waals surface area contributed by atoms with E-state index in [1.54, 1.807) is 11.8 Å². The Morgan fingerprint density at radius 3 is 3.06 bits per heavy atom. The molecule has 0 saturated heterocycles. The molecule has 0 unspecified atom stereocenters. The molecule has 5 nitrogen and oxygen atoms in total. The molecule has 90 valence electrons. The summed E-state index contributed by atoms with van der Waals surface area (Å²) in [4.78, 5) is 0. The number of hydrogen-bond donors (Lipinski definition) is 0. The van der Waals surface area contributed by atoms with Crippen molar-refractivity contribution in [3.8, 4) is 0 Å². The van der Waals surface area contributed by atoms with Crippen LogP contribution in [0.5, 0.6) is 0 Å². The summed E-state index contributed by atoms with van der Waals surface area (Å²) in [5.74, 6) is 0.892. The first kappa shape index (κ1) is 11.2. The van der Waals surface area contributed by atoms with Crippen LogP contribution in [0.25, 0.3) is 0 Å². The molecule has 7 heteroatoms. The first-order valence-electron chi connectivity index (χ1n) is 5.72. The van der Waals surface area contributed by atoms with E-state index in [0.717, 1.165) is 10.9 Å². The summed E-state index contributed by atoms with van der Waals surface area (Å²) in [6, 6.07) is 0.507. The van der Waals surface area contributed by atoms with E-state index < -0.39 is 0 Å². The molecule has 0 amide bonds. The Balaban J connectivity index is 1.68. The molecule has 0 N–H and O–H groups in total. The Morgan fingerprint density at radius 2 is 2.29 bits per heavy atom. The molecule has 0 radical (unpaired) electrons. The number of nitrogens with zero attached hydrogens (tertiary/aromatic N) is 5. The average Bonchev–Trinajstić information content (AvgIpc) is 3.09. The fourth-order valence-corrected chi connectivity index (χ4v) is 3.61. The molecule has 1 aliphatic carbocycles. The van der Waals surface area contributed by atoms with E-state index in [4.69, 9.17) is 0 Å². The van der Waals surface area contributed by atoms with Gasteiger partial charge in [-0.1, -0.05) is 24.6 Å². The number of tetrazole rings is 1. The largest absolute Gasteiger partial charge is 0.217 e. The number of thioether (sulfide) groups is 1. The number of hydrogen-bond acceptors (Lipinski definition) is 6. The molecule has 2 aromatic rings. The molecular formula is C10H13N5S2. The van der Waals surface area contributed by atoms with Gasteiger partial charge in [0.25, 0.3) is 0 Å². The Morgan fingerprint density at radius 1 is 1.41 bits per heavy atom. The molecule has 0 spiro atoms. The summed E-state index contributed by atoms with van der Waals surface area (Å²) in [5.41, 5.74) is 1.24. The van der Waals surface area contributed by atoms with Crippen molar-refractivity contribution in [2.45, 2.75) is 42.6 Å². The summed E-state index contributed by atoms with van der Waals surface area (Å²) in [6.45, 7) is 0. The van der Waals surface area contributed by atoms with Crippen molar-refractivity contribution < 1.29 is 0 Å². The maximum Gasteiger partial charge on any atom is 0.209 e. The predicted molar refractivity (Wildman–Crippen MR) is 67.0 cm³/mol. The first-order valence-corrected chi connectivity index (χ1v) is 7.54. The molecule has 0 aliphatic heterocycles. The lowest BCUT2D eigenvalue weighted by Crippen LogP contribution is -2.08. The normalized spacial score (nSPS) is 16.7. The maximum atomic E-state index is 4.12. The molecule has 1 fully saturated rings. The second kappa shape index (κ2) is 5.14. The van der Waals surface area contributed by atoms with Gasteiger partial charge in [0.05, 0.1) is 6.04 Å². The lowest BCUT2D eigenvalue weighted by Gasteiger charge is -2.10. The summed E-state index contributed by atoms with van der Waals surface area (Å²) in [7, 11) is 0. The molecule has 1 aliphatic rings. The zero-order chi connectivity index (χ0) is 11.5. The lowest BCUT2D eigenvalue weighted by atomic mass is 10.3. The third-order valence-corrected chi connectivity index (χ3v) is 4.62. The Hall–Kier alpha value is -0.950. The summed E-state index contributed by atoms with van der Waals surface area (Å²) in [5, 5.41) is 15.0. The van der Waals surface area contributed by atoms with Gasteiger partial charge in [-0.2, -0.15) is 0 Å². The van der Waals surface area contributed by atoms with Crippen molar-refractivity contribution in [3.05, 3.63) is 17.1 Å². The van der Waals surface area contributed by atoms with Gasteiger partial charge in [-0.15, -0.1) is 5.10 Å². The van der Waals surface area contributed by atoms with E-state index in [2.05, 4.69) is 25.3 Å². The fraction of sp³-hybridized carbons (Fsp3) is 0.600. The minimum Gasteiger partial charge on any atom is -0.217 e. The number of rotatable bonds is 4. The monoisotopic (exact) mass is 267 g/mol. The van der Waals surface area contributed by atoms with Crippen molar-refractivity contribution in [1.82, 2.24) is 24.6 Å². The first-order chi connectivity index (χ1) is 8.43. The van der Waals surface area contributed by atoms with Crippen LogP contribution in [-0.4, -0.2) is 24.6 Å². The third kappa shape index (κ3) is 2.50. The van der Waals surface area contributed by atoms with Gasteiger partial charge in [-0.3, -0.25) is 0 Å². The van der Waals surface area contributed by atoms with E-state index >= 15 is 0 Å². The molecule has 17 heavy (non-hydrogen) atoms. The third-order valence-electron chi connectivity index (χ3n) is 2.98. The van der Waals surface area contributed by atoms with Crippen LogP contribution < -0.4 is 0 Å². The summed E-state index contributed by atoms with van der Waals surface area (Å²) >= 11 is 3.18. The molecule has 0 atom stereocenters. The minimum absolute atomic E-state index is 0.507. The van der Waals surface area contributed by atoms with Gasteiger partial charge in [0.15, 0.2) is 0 Å². The van der Waals surface area contributed by atoms with Crippen LogP contribution in [0.4, 0.5) is 0 Å². The second-order valence-electron chi connectivity index (χ2n) is 4.17. The molecule has 3 rings (SSSR count). The zero-order valence-corrected chi connectivity index (χ0v) is 11.0. The van der Waals surface area contributed by atoms with E-state index in [1.165, 1.54) is 42.8 Å². The van der Waals surface area contributed by atoms with E-state index in [1.807, 2.05) is 10.9 Å². The van der Waals surface area contributed by atoms with Gasteiger partial charge in [0.2, 0.25) is 5.16 Å². The maximum absolute atomic E-state index is 4.12. The summed E-state index contributed by atoms with van der Waals surface area (Å²) in [6.07, 6.45) is 6.91. The average molecular weight is 267 g/mol. The summed E-state index contributed by atoms with van der Waals surface area (Å²) < 4.78 is 6.09. The lowest BCUT2D eigenvalue weighted by molar-refractivity contribution is 0.423. The van der Waals surface area contributed by atoms with Crippen molar-refractivity contribution in [1.29, 1.82) is 0 Å². The SMILES string of the molecule is c1nscc1CSc1nnnn1C1CCCC1. The molecule has 2 heterocycles. The second-order valence-corrected chi connectivity index (χ2v) is 5.77. The van der Waals surface area contributed by atoms with Gasteiger partial charge in [0, 0.05) is 17.3 Å². The van der Waals surface area contributed by atoms with Crippen molar-refractivity contribution in [3.63, 3.8) is 0 Å². The fourth-order valence-electron chi connectivity index (χ4n) is 2.10. The Labute approximate surface area is 108 Å². The standard InChI is InChI=1S/C10H13N5S2/c1-2-4-9(3-1)15-10(12-13-14-15)16-6-8-5-11-17-7-8/h5,7,9H,1-4,6H2. The van der Waals surface area contributed by atoms with Crippen molar-refractivity contribution in [2.24, 2.45) is 0 Å². The van der Waals surface area contributed by atoms with E-state index in [-0.39, 0.29) is 0 Å². The highest BCUT2D eigenvalue weighted by atomic mass is 32.2. The van der Waals surface area contributed by atoms with Gasteiger partial charge in [0.1, 0.15) is 0 Å². The Kier molecular flexibility index (Phi) is 3.37. The molecule has 0 bridgehead atoms. The molecule has 0 aromatic carbocycles. The Bertz CT molecular complexity index is 461. The van der Waals surface area contributed by atoms with Crippen LogP contribution in [0.2, 0.25) is 0 Å². The topological polar surface area (TPSA) is 56.5 Å². The highest BCUT2D eigenvalue weighted by molar-refractivity contribution is 7.98. The van der Waals surface area contributed by atoms with Crippen LogP contribution >= 0.6 is 23.3 Å².